The van der Waals surface area contributed by atoms with Crippen molar-refractivity contribution in [1.82, 2.24) is 5.32 Å². The van der Waals surface area contributed by atoms with E-state index >= 15 is 0 Å². The number of benzene rings is 1. The van der Waals surface area contributed by atoms with Crippen LogP contribution in [0.1, 0.15) is 58.1 Å². The Morgan fingerprint density at radius 3 is 2.85 bits per heavy atom. The van der Waals surface area contributed by atoms with Crippen molar-refractivity contribution in [3.05, 3.63) is 29.8 Å². The summed E-state index contributed by atoms with van der Waals surface area (Å²) in [6.45, 7) is 7.96. The van der Waals surface area contributed by atoms with Gasteiger partial charge in [0.25, 0.3) is 0 Å². The van der Waals surface area contributed by atoms with E-state index in [9.17, 15) is 0 Å². The number of hydrogen-bond donors (Lipinski definition) is 1. The van der Waals surface area contributed by atoms with Gasteiger partial charge in [-0.05, 0) is 43.7 Å². The molecule has 0 aromatic heterocycles. The molecule has 4 atom stereocenters. The first-order chi connectivity index (χ1) is 9.64. The summed E-state index contributed by atoms with van der Waals surface area (Å²) in [5, 5.41) is 3.66. The zero-order valence-corrected chi connectivity index (χ0v) is 13.0. The van der Waals surface area contributed by atoms with Crippen LogP contribution < -0.4 is 10.1 Å². The summed E-state index contributed by atoms with van der Waals surface area (Å²) in [6.07, 6.45) is 4.91. The zero-order chi connectivity index (χ0) is 14.2. The van der Waals surface area contributed by atoms with Gasteiger partial charge in [-0.2, -0.15) is 0 Å². The summed E-state index contributed by atoms with van der Waals surface area (Å²) in [5.41, 5.74) is 1.39. The standard InChI is InChI=1S/C18H27NO/c1-4-19-16-12-18(10-9-13(2)11-14(18)3)20-17-8-6-5-7-15(16)17/h5-8,13-14,16,19H,4,9-12H2,1-3H3. The molecule has 1 aliphatic heterocycles. The van der Waals surface area contributed by atoms with Crippen molar-refractivity contribution in [2.45, 2.75) is 58.1 Å². The third-order valence-electron chi connectivity index (χ3n) is 5.32. The maximum atomic E-state index is 6.56. The Hall–Kier alpha value is -1.02. The van der Waals surface area contributed by atoms with Crippen LogP contribution in [0.5, 0.6) is 5.75 Å². The van der Waals surface area contributed by atoms with Gasteiger partial charge in [-0.15, -0.1) is 0 Å². The van der Waals surface area contributed by atoms with Crippen LogP contribution in [0.3, 0.4) is 0 Å². The molecule has 4 unspecified atom stereocenters. The molecule has 1 aliphatic carbocycles. The Morgan fingerprint density at radius 2 is 2.10 bits per heavy atom. The van der Waals surface area contributed by atoms with Gasteiger partial charge in [0.15, 0.2) is 0 Å². The molecule has 2 nitrogen and oxygen atoms in total. The number of nitrogens with one attached hydrogen (secondary N) is 1. The molecule has 1 saturated carbocycles. The highest BCUT2D eigenvalue weighted by molar-refractivity contribution is 5.39. The van der Waals surface area contributed by atoms with E-state index in [1.165, 1.54) is 24.8 Å². The van der Waals surface area contributed by atoms with E-state index < -0.39 is 0 Å². The van der Waals surface area contributed by atoms with Crippen molar-refractivity contribution in [1.29, 1.82) is 0 Å². The van der Waals surface area contributed by atoms with Gasteiger partial charge in [0.1, 0.15) is 11.4 Å². The molecular formula is C18H27NO. The fraction of sp³-hybridized carbons (Fsp3) is 0.667. The molecule has 1 heterocycles. The van der Waals surface area contributed by atoms with Crippen LogP contribution in [-0.4, -0.2) is 12.1 Å². The van der Waals surface area contributed by atoms with Crippen LogP contribution in [0.15, 0.2) is 24.3 Å². The molecule has 3 rings (SSSR count). The third kappa shape index (κ3) is 2.35. The highest BCUT2D eigenvalue weighted by atomic mass is 16.5. The molecule has 2 heteroatoms. The first-order valence-corrected chi connectivity index (χ1v) is 8.16. The number of rotatable bonds is 2. The number of para-hydroxylation sites is 1. The number of ether oxygens (including phenoxy) is 1. The second kappa shape index (κ2) is 5.40. The van der Waals surface area contributed by atoms with Crippen LogP contribution in [0.2, 0.25) is 0 Å². The molecule has 0 amide bonds. The van der Waals surface area contributed by atoms with Crippen molar-refractivity contribution in [2.75, 3.05) is 6.54 Å². The first-order valence-electron chi connectivity index (χ1n) is 8.16. The molecule has 110 valence electrons. The summed E-state index contributed by atoms with van der Waals surface area (Å²) >= 11 is 0. The Balaban J connectivity index is 1.93. The fourth-order valence-corrected chi connectivity index (χ4v) is 4.13. The van der Waals surface area contributed by atoms with Gasteiger partial charge in [0, 0.05) is 18.0 Å². The predicted octanol–water partition coefficient (Wildman–Crippen LogP) is 4.31. The van der Waals surface area contributed by atoms with E-state index in [-0.39, 0.29) is 5.60 Å². The lowest BCUT2D eigenvalue weighted by Gasteiger charge is -2.49. The monoisotopic (exact) mass is 273 g/mol. The van der Waals surface area contributed by atoms with E-state index in [0.29, 0.717) is 12.0 Å². The maximum absolute atomic E-state index is 6.56. The van der Waals surface area contributed by atoms with Gasteiger partial charge in [-0.25, -0.2) is 0 Å². The highest BCUT2D eigenvalue weighted by Crippen LogP contribution is 2.49. The Kier molecular flexibility index (Phi) is 3.76. The number of hydrogen-bond acceptors (Lipinski definition) is 2. The second-order valence-corrected chi connectivity index (χ2v) is 6.80. The van der Waals surface area contributed by atoms with Gasteiger partial charge in [0.2, 0.25) is 0 Å². The lowest BCUT2D eigenvalue weighted by Crippen LogP contribution is -2.51. The van der Waals surface area contributed by atoms with Gasteiger partial charge in [0.05, 0.1) is 0 Å². The average Bonchev–Trinajstić information content (AvgIpc) is 2.44. The van der Waals surface area contributed by atoms with Gasteiger partial charge >= 0.3 is 0 Å². The van der Waals surface area contributed by atoms with E-state index in [4.69, 9.17) is 4.74 Å². The predicted molar refractivity (Wildman–Crippen MR) is 83.0 cm³/mol. The molecule has 1 N–H and O–H groups in total. The molecule has 1 fully saturated rings. The summed E-state index contributed by atoms with van der Waals surface area (Å²) in [5.74, 6) is 2.58. The Morgan fingerprint density at radius 1 is 1.30 bits per heavy atom. The normalized spacial score (nSPS) is 36.5. The van der Waals surface area contributed by atoms with Crippen LogP contribution in [-0.2, 0) is 0 Å². The average molecular weight is 273 g/mol. The molecule has 1 aromatic carbocycles. The SMILES string of the molecule is CCNC1CC2(CCC(C)CC2C)Oc2ccccc21. The minimum Gasteiger partial charge on any atom is -0.487 e. The van der Waals surface area contributed by atoms with Gasteiger partial charge in [-0.1, -0.05) is 39.0 Å². The maximum Gasteiger partial charge on any atom is 0.124 e. The lowest BCUT2D eigenvalue weighted by atomic mass is 9.68. The van der Waals surface area contributed by atoms with E-state index in [2.05, 4.69) is 50.4 Å². The van der Waals surface area contributed by atoms with Crippen LogP contribution in [0, 0.1) is 11.8 Å². The minimum atomic E-state index is 0.0493. The molecule has 0 bridgehead atoms. The quantitative estimate of drug-likeness (QED) is 0.866. The number of fused-ring (bicyclic) bond motifs is 1. The summed E-state index contributed by atoms with van der Waals surface area (Å²) < 4.78 is 6.56. The zero-order valence-electron chi connectivity index (χ0n) is 13.0. The third-order valence-corrected chi connectivity index (χ3v) is 5.32. The van der Waals surface area contributed by atoms with Gasteiger partial charge < -0.3 is 10.1 Å². The largest absolute Gasteiger partial charge is 0.487 e. The molecule has 1 spiro atoms. The van der Waals surface area contributed by atoms with Crippen molar-refractivity contribution in [3.63, 3.8) is 0 Å². The van der Waals surface area contributed by atoms with E-state index in [1.807, 2.05) is 0 Å². The second-order valence-electron chi connectivity index (χ2n) is 6.80. The van der Waals surface area contributed by atoms with Crippen molar-refractivity contribution in [3.8, 4) is 5.75 Å². The fourth-order valence-electron chi connectivity index (χ4n) is 4.13. The smallest absolute Gasteiger partial charge is 0.124 e. The lowest BCUT2D eigenvalue weighted by molar-refractivity contribution is -0.0551. The van der Waals surface area contributed by atoms with Crippen molar-refractivity contribution < 1.29 is 4.74 Å². The molecule has 0 radical (unpaired) electrons. The van der Waals surface area contributed by atoms with Crippen LogP contribution in [0.25, 0.3) is 0 Å². The van der Waals surface area contributed by atoms with Crippen LogP contribution in [0.4, 0.5) is 0 Å². The Labute approximate surface area is 122 Å². The first kappa shape index (κ1) is 13.9. The highest BCUT2D eigenvalue weighted by Gasteiger charge is 2.47. The Bertz CT molecular complexity index is 472. The van der Waals surface area contributed by atoms with Gasteiger partial charge in [-0.3, -0.25) is 0 Å². The van der Waals surface area contributed by atoms with Crippen molar-refractivity contribution in [2.24, 2.45) is 11.8 Å². The molecule has 0 saturated heterocycles. The summed E-state index contributed by atoms with van der Waals surface area (Å²) in [4.78, 5) is 0. The molecule has 2 aliphatic rings. The molecule has 20 heavy (non-hydrogen) atoms. The molecular weight excluding hydrogens is 246 g/mol. The molecule has 1 aromatic rings. The van der Waals surface area contributed by atoms with E-state index in [1.54, 1.807) is 0 Å². The van der Waals surface area contributed by atoms with E-state index in [0.717, 1.165) is 24.6 Å². The van der Waals surface area contributed by atoms with Crippen molar-refractivity contribution >= 4 is 0 Å². The summed E-state index contributed by atoms with van der Waals surface area (Å²) in [6, 6.07) is 9.02. The summed E-state index contributed by atoms with van der Waals surface area (Å²) in [7, 11) is 0. The topological polar surface area (TPSA) is 21.3 Å². The minimum absolute atomic E-state index is 0.0493. The van der Waals surface area contributed by atoms with Crippen LogP contribution >= 0.6 is 0 Å².